The Morgan fingerprint density at radius 2 is 2.20 bits per heavy atom. The van der Waals surface area contributed by atoms with Gasteiger partial charge in [0.1, 0.15) is 0 Å². The van der Waals surface area contributed by atoms with Crippen molar-refractivity contribution in [2.75, 3.05) is 0 Å². The fraction of sp³-hybridized carbons (Fsp3) is 0.789. The van der Waals surface area contributed by atoms with Crippen molar-refractivity contribution in [3.05, 3.63) is 11.6 Å². The summed E-state index contributed by atoms with van der Waals surface area (Å²) in [6.45, 7) is 4.66. The standard InChI is InChI=1S/C19H30O/c1-4-12-19(20)13-6-5-7-18(19)14-16-8-10-17(11-9-16)15(2)3/h1,8,15,17-18,20H,5-7,9-14H2,2-3H3. The molecule has 2 aliphatic rings. The molecule has 2 rings (SSSR count). The second kappa shape index (κ2) is 6.81. The highest BCUT2D eigenvalue weighted by atomic mass is 16.3. The van der Waals surface area contributed by atoms with Crippen molar-refractivity contribution in [2.45, 2.75) is 77.2 Å². The van der Waals surface area contributed by atoms with Gasteiger partial charge < -0.3 is 5.11 Å². The average molecular weight is 274 g/mol. The van der Waals surface area contributed by atoms with Gasteiger partial charge in [-0.1, -0.05) is 38.3 Å². The molecule has 3 unspecified atom stereocenters. The van der Waals surface area contributed by atoms with Gasteiger partial charge in [0.05, 0.1) is 5.60 Å². The highest BCUT2D eigenvalue weighted by Crippen LogP contribution is 2.41. The predicted octanol–water partition coefficient (Wildman–Crippen LogP) is 4.70. The highest BCUT2D eigenvalue weighted by Gasteiger charge is 2.38. The maximum atomic E-state index is 10.8. The summed E-state index contributed by atoms with van der Waals surface area (Å²) in [7, 11) is 0. The molecule has 1 saturated carbocycles. The van der Waals surface area contributed by atoms with Crippen LogP contribution in [0.1, 0.15) is 71.6 Å². The Bertz CT molecular complexity index is 387. The first-order valence-electron chi connectivity index (χ1n) is 8.39. The van der Waals surface area contributed by atoms with E-state index in [1.165, 1.54) is 25.7 Å². The zero-order valence-corrected chi connectivity index (χ0v) is 13.2. The van der Waals surface area contributed by atoms with Gasteiger partial charge in [-0.3, -0.25) is 0 Å². The molecule has 1 nitrogen and oxygen atoms in total. The van der Waals surface area contributed by atoms with Crippen molar-refractivity contribution in [3.63, 3.8) is 0 Å². The number of terminal acetylenes is 1. The second-order valence-corrected chi connectivity index (χ2v) is 7.27. The van der Waals surface area contributed by atoms with E-state index in [1.807, 2.05) is 0 Å². The first-order chi connectivity index (χ1) is 9.55. The molecule has 0 saturated heterocycles. The van der Waals surface area contributed by atoms with Crippen molar-refractivity contribution >= 4 is 0 Å². The number of aliphatic hydroxyl groups is 1. The maximum absolute atomic E-state index is 10.8. The van der Waals surface area contributed by atoms with E-state index in [-0.39, 0.29) is 0 Å². The lowest BCUT2D eigenvalue weighted by molar-refractivity contribution is -0.0440. The van der Waals surface area contributed by atoms with Gasteiger partial charge in [-0.25, -0.2) is 0 Å². The summed E-state index contributed by atoms with van der Waals surface area (Å²) in [6.07, 6.45) is 17.7. The van der Waals surface area contributed by atoms with Crippen molar-refractivity contribution in [3.8, 4) is 12.3 Å². The molecular formula is C19H30O. The number of rotatable bonds is 4. The van der Waals surface area contributed by atoms with Gasteiger partial charge in [-0.2, -0.15) is 0 Å². The Labute approximate surface area is 124 Å². The lowest BCUT2D eigenvalue weighted by Crippen LogP contribution is -2.40. The molecule has 1 N–H and O–H groups in total. The van der Waals surface area contributed by atoms with Crippen molar-refractivity contribution in [1.29, 1.82) is 0 Å². The van der Waals surface area contributed by atoms with Crippen LogP contribution in [0.25, 0.3) is 0 Å². The molecule has 0 bridgehead atoms. The minimum atomic E-state index is -0.595. The third-order valence-electron chi connectivity index (χ3n) is 5.58. The van der Waals surface area contributed by atoms with Crippen LogP contribution in [0, 0.1) is 30.1 Å². The van der Waals surface area contributed by atoms with Gasteiger partial charge in [-0.05, 0) is 56.3 Å². The summed E-state index contributed by atoms with van der Waals surface area (Å²) in [5, 5.41) is 10.8. The van der Waals surface area contributed by atoms with E-state index in [2.05, 4.69) is 25.8 Å². The van der Waals surface area contributed by atoms with E-state index < -0.39 is 5.60 Å². The second-order valence-electron chi connectivity index (χ2n) is 7.27. The molecule has 0 amide bonds. The van der Waals surface area contributed by atoms with Gasteiger partial charge in [0.15, 0.2) is 0 Å². The van der Waals surface area contributed by atoms with Gasteiger partial charge >= 0.3 is 0 Å². The van der Waals surface area contributed by atoms with Crippen LogP contribution in [-0.2, 0) is 0 Å². The molecule has 0 aromatic rings. The Hall–Kier alpha value is -0.740. The van der Waals surface area contributed by atoms with Crippen LogP contribution >= 0.6 is 0 Å². The molecular weight excluding hydrogens is 244 g/mol. The van der Waals surface area contributed by atoms with Crippen LogP contribution in [0.15, 0.2) is 11.6 Å². The molecule has 20 heavy (non-hydrogen) atoms. The fourth-order valence-corrected chi connectivity index (χ4v) is 4.01. The number of hydrogen-bond acceptors (Lipinski definition) is 1. The topological polar surface area (TPSA) is 20.2 Å². The SMILES string of the molecule is C#CCC1(O)CCCCC1CC1=CCC(C(C)C)CC1. The van der Waals surface area contributed by atoms with Crippen LogP contribution in [0.2, 0.25) is 0 Å². The lowest BCUT2D eigenvalue weighted by atomic mass is 9.69. The number of hydrogen-bond donors (Lipinski definition) is 1. The van der Waals surface area contributed by atoms with E-state index in [9.17, 15) is 5.11 Å². The van der Waals surface area contributed by atoms with E-state index in [4.69, 9.17) is 6.42 Å². The van der Waals surface area contributed by atoms with Crippen LogP contribution < -0.4 is 0 Å². The third kappa shape index (κ3) is 3.67. The lowest BCUT2D eigenvalue weighted by Gasteiger charge is -2.40. The van der Waals surface area contributed by atoms with Crippen LogP contribution in [0.5, 0.6) is 0 Å². The fourth-order valence-electron chi connectivity index (χ4n) is 4.01. The summed E-state index contributed by atoms with van der Waals surface area (Å²) in [6, 6.07) is 0. The molecule has 2 aliphatic carbocycles. The quantitative estimate of drug-likeness (QED) is 0.582. The Kier molecular flexibility index (Phi) is 5.33. The first-order valence-corrected chi connectivity index (χ1v) is 8.39. The average Bonchev–Trinajstić information content (AvgIpc) is 2.42. The molecule has 1 fully saturated rings. The summed E-state index contributed by atoms with van der Waals surface area (Å²) in [5.74, 6) is 4.73. The molecule has 3 atom stereocenters. The van der Waals surface area contributed by atoms with E-state index >= 15 is 0 Å². The van der Waals surface area contributed by atoms with E-state index in [0.29, 0.717) is 12.3 Å². The monoisotopic (exact) mass is 274 g/mol. The Balaban J connectivity index is 1.96. The Morgan fingerprint density at radius 1 is 1.40 bits per heavy atom. The molecule has 0 radical (unpaired) electrons. The molecule has 0 aliphatic heterocycles. The summed E-state index contributed by atoms with van der Waals surface area (Å²) < 4.78 is 0. The minimum Gasteiger partial charge on any atom is -0.389 e. The number of allylic oxidation sites excluding steroid dienone is 2. The summed E-state index contributed by atoms with van der Waals surface area (Å²) >= 11 is 0. The minimum absolute atomic E-state index is 0.383. The highest BCUT2D eigenvalue weighted by molar-refractivity contribution is 5.11. The van der Waals surface area contributed by atoms with E-state index in [1.54, 1.807) is 5.57 Å². The van der Waals surface area contributed by atoms with Crippen molar-refractivity contribution in [2.24, 2.45) is 17.8 Å². The largest absolute Gasteiger partial charge is 0.389 e. The maximum Gasteiger partial charge on any atom is 0.0787 e. The Morgan fingerprint density at radius 3 is 2.80 bits per heavy atom. The normalized spacial score (nSPS) is 34.6. The predicted molar refractivity (Wildman–Crippen MR) is 85.2 cm³/mol. The van der Waals surface area contributed by atoms with Gasteiger partial charge in [0.25, 0.3) is 0 Å². The molecule has 112 valence electrons. The van der Waals surface area contributed by atoms with Crippen LogP contribution in [0.3, 0.4) is 0 Å². The first kappa shape index (κ1) is 15.6. The summed E-state index contributed by atoms with van der Waals surface area (Å²) in [4.78, 5) is 0. The van der Waals surface area contributed by atoms with Crippen molar-refractivity contribution in [1.82, 2.24) is 0 Å². The molecule has 0 aromatic carbocycles. The van der Waals surface area contributed by atoms with E-state index in [0.717, 1.165) is 37.5 Å². The van der Waals surface area contributed by atoms with Gasteiger partial charge in [0, 0.05) is 6.42 Å². The molecule has 0 spiro atoms. The van der Waals surface area contributed by atoms with Crippen LogP contribution in [0.4, 0.5) is 0 Å². The smallest absolute Gasteiger partial charge is 0.0787 e. The van der Waals surface area contributed by atoms with Gasteiger partial charge in [0.2, 0.25) is 0 Å². The van der Waals surface area contributed by atoms with Crippen molar-refractivity contribution < 1.29 is 5.11 Å². The zero-order valence-electron chi connectivity index (χ0n) is 13.2. The molecule has 0 aromatic heterocycles. The molecule has 1 heteroatoms. The zero-order chi connectivity index (χ0) is 14.6. The summed E-state index contributed by atoms with van der Waals surface area (Å²) in [5.41, 5.74) is 0.979. The van der Waals surface area contributed by atoms with Gasteiger partial charge in [-0.15, -0.1) is 12.3 Å². The third-order valence-corrected chi connectivity index (χ3v) is 5.58. The van der Waals surface area contributed by atoms with Crippen LogP contribution in [-0.4, -0.2) is 10.7 Å². The molecule has 0 heterocycles.